The minimum absolute atomic E-state index is 0.138. The van der Waals surface area contributed by atoms with E-state index in [1.54, 1.807) is 4.90 Å². The minimum Gasteiger partial charge on any atom is -0.336 e. The molecule has 7 nitrogen and oxygen atoms in total. The van der Waals surface area contributed by atoms with E-state index in [0.717, 1.165) is 11.5 Å². The highest BCUT2D eigenvalue weighted by Gasteiger charge is 2.34. The third kappa shape index (κ3) is 3.58. The average Bonchev–Trinajstić information content (AvgIpc) is 2.86. The maximum atomic E-state index is 12.6. The van der Waals surface area contributed by atoms with Crippen LogP contribution in [0.15, 0.2) is 0 Å². The summed E-state index contributed by atoms with van der Waals surface area (Å²) in [7, 11) is -3.62. The Kier molecular flexibility index (Phi) is 4.36. The van der Waals surface area contributed by atoms with Gasteiger partial charge in [-0.2, -0.15) is 0 Å². The zero-order chi connectivity index (χ0) is 15.8. The molecule has 0 aromatic carbocycles. The molecule has 1 saturated heterocycles. The number of amides is 1. The molecule has 1 fully saturated rings. The van der Waals surface area contributed by atoms with Gasteiger partial charge in [-0.3, -0.25) is 4.79 Å². The highest BCUT2D eigenvalue weighted by atomic mass is 32.2. The van der Waals surface area contributed by atoms with Gasteiger partial charge in [-0.15, -0.1) is 5.10 Å². The van der Waals surface area contributed by atoms with Crippen molar-refractivity contribution in [1.29, 1.82) is 0 Å². The van der Waals surface area contributed by atoms with Gasteiger partial charge in [0, 0.05) is 18.5 Å². The smallest absolute Gasteiger partial charge is 0.267 e. The number of nitrogens with zero attached hydrogens (tertiary/aromatic N) is 3. The van der Waals surface area contributed by atoms with Crippen LogP contribution < -0.4 is 5.14 Å². The van der Waals surface area contributed by atoms with Crippen molar-refractivity contribution in [2.75, 3.05) is 13.1 Å². The molecule has 0 bridgehead atoms. The van der Waals surface area contributed by atoms with E-state index in [0.29, 0.717) is 30.0 Å². The summed E-state index contributed by atoms with van der Waals surface area (Å²) >= 11 is 1.05. The van der Waals surface area contributed by atoms with Gasteiger partial charge in [-0.05, 0) is 24.4 Å². The van der Waals surface area contributed by atoms with E-state index in [9.17, 15) is 13.2 Å². The van der Waals surface area contributed by atoms with Crippen molar-refractivity contribution < 1.29 is 13.2 Å². The zero-order valence-corrected chi connectivity index (χ0v) is 14.0. The van der Waals surface area contributed by atoms with E-state index in [2.05, 4.69) is 9.59 Å². The lowest BCUT2D eigenvalue weighted by Gasteiger charge is -2.31. The first-order chi connectivity index (χ1) is 9.60. The molecule has 2 heterocycles. The van der Waals surface area contributed by atoms with Crippen LogP contribution >= 0.6 is 11.5 Å². The molecule has 1 unspecified atom stereocenters. The van der Waals surface area contributed by atoms with Crippen LogP contribution in [0, 0.1) is 0 Å². The van der Waals surface area contributed by atoms with Gasteiger partial charge in [0.25, 0.3) is 5.91 Å². The van der Waals surface area contributed by atoms with E-state index in [4.69, 9.17) is 5.14 Å². The maximum absolute atomic E-state index is 12.6. The molecule has 2 N–H and O–H groups in total. The zero-order valence-electron chi connectivity index (χ0n) is 12.4. The molecule has 0 saturated carbocycles. The first-order valence-corrected chi connectivity index (χ1v) is 9.12. The van der Waals surface area contributed by atoms with Gasteiger partial charge >= 0.3 is 0 Å². The van der Waals surface area contributed by atoms with Crippen molar-refractivity contribution in [3.8, 4) is 0 Å². The van der Waals surface area contributed by atoms with Crippen LogP contribution in [-0.4, -0.2) is 47.2 Å². The third-order valence-corrected chi connectivity index (χ3v) is 5.55. The van der Waals surface area contributed by atoms with E-state index in [1.165, 1.54) is 0 Å². The van der Waals surface area contributed by atoms with Crippen LogP contribution in [-0.2, 0) is 15.4 Å². The molecular weight excluding hydrogens is 312 g/mol. The molecule has 1 atom stereocenters. The van der Waals surface area contributed by atoms with E-state index < -0.39 is 15.3 Å². The van der Waals surface area contributed by atoms with Crippen molar-refractivity contribution in [2.24, 2.45) is 5.14 Å². The number of hydrogen-bond donors (Lipinski definition) is 1. The number of rotatable bonds is 2. The number of piperidine rings is 1. The van der Waals surface area contributed by atoms with Crippen molar-refractivity contribution in [3.63, 3.8) is 0 Å². The van der Waals surface area contributed by atoms with Gasteiger partial charge < -0.3 is 4.90 Å². The third-order valence-electron chi connectivity index (χ3n) is 3.52. The molecule has 1 aromatic heterocycles. The summed E-state index contributed by atoms with van der Waals surface area (Å²) in [6, 6.07) is 0. The molecule has 0 spiro atoms. The quantitative estimate of drug-likeness (QED) is 0.859. The molecular formula is C12H20N4O3S2. The fourth-order valence-electron chi connectivity index (χ4n) is 2.36. The number of sulfonamides is 1. The fourth-order valence-corrected chi connectivity index (χ4v) is 4.08. The minimum atomic E-state index is -3.62. The predicted octanol–water partition coefficient (Wildman–Crippen LogP) is 0.729. The topological polar surface area (TPSA) is 106 Å². The molecule has 1 aliphatic heterocycles. The normalized spacial score (nSPS) is 20.6. The van der Waals surface area contributed by atoms with Crippen LogP contribution in [0.25, 0.3) is 0 Å². The molecule has 0 radical (unpaired) electrons. The van der Waals surface area contributed by atoms with Crippen molar-refractivity contribution in [3.05, 3.63) is 10.6 Å². The van der Waals surface area contributed by atoms with E-state index in [1.807, 2.05) is 20.8 Å². The Hall–Kier alpha value is -1.06. The maximum Gasteiger partial charge on any atom is 0.267 e. The Bertz CT molecular complexity index is 633. The second kappa shape index (κ2) is 5.62. The van der Waals surface area contributed by atoms with Crippen molar-refractivity contribution >= 4 is 27.5 Å². The lowest BCUT2D eigenvalue weighted by atomic mass is 9.91. The summed E-state index contributed by atoms with van der Waals surface area (Å²) in [6.45, 7) is 6.56. The first kappa shape index (κ1) is 16.3. The van der Waals surface area contributed by atoms with Crippen LogP contribution in [0.4, 0.5) is 0 Å². The summed E-state index contributed by atoms with van der Waals surface area (Å²) in [5, 5.41) is 8.57. The number of primary sulfonamides is 1. The second-order valence-corrected chi connectivity index (χ2v) is 8.90. The highest BCUT2D eigenvalue weighted by molar-refractivity contribution is 7.89. The van der Waals surface area contributed by atoms with Gasteiger partial charge in [0.1, 0.15) is 4.88 Å². The summed E-state index contributed by atoms with van der Waals surface area (Å²) in [5.41, 5.74) is 0.364. The van der Waals surface area contributed by atoms with Crippen LogP contribution in [0.3, 0.4) is 0 Å². The number of nitrogens with two attached hydrogens (primary N) is 1. The second-order valence-electron chi connectivity index (χ2n) is 6.31. The van der Waals surface area contributed by atoms with Gasteiger partial charge in [-0.25, -0.2) is 13.6 Å². The molecule has 1 aromatic rings. The molecule has 21 heavy (non-hydrogen) atoms. The molecule has 2 rings (SSSR count). The summed E-state index contributed by atoms with van der Waals surface area (Å²) in [4.78, 5) is 14.7. The molecule has 1 aliphatic rings. The van der Waals surface area contributed by atoms with Gasteiger partial charge in [0.05, 0.1) is 10.9 Å². The number of hydrogen-bond acceptors (Lipinski definition) is 6. The van der Waals surface area contributed by atoms with Crippen LogP contribution in [0.5, 0.6) is 0 Å². The summed E-state index contributed by atoms with van der Waals surface area (Å²) in [6.07, 6.45) is 1.12. The SMILES string of the molecule is CC(C)(C)c1nnsc1C(=O)N1CCCC(S(N)(=O)=O)C1. The molecule has 1 amide bonds. The lowest BCUT2D eigenvalue weighted by molar-refractivity contribution is 0.0729. The number of carbonyl (C=O) groups is 1. The number of aromatic nitrogens is 2. The lowest BCUT2D eigenvalue weighted by Crippen LogP contribution is -2.47. The summed E-state index contributed by atoms with van der Waals surface area (Å²) < 4.78 is 26.8. The number of likely N-dealkylation sites (tertiary alicyclic amines) is 1. The van der Waals surface area contributed by atoms with Crippen molar-refractivity contribution in [2.45, 2.75) is 44.3 Å². The van der Waals surface area contributed by atoms with Gasteiger partial charge in [0.2, 0.25) is 10.0 Å². The monoisotopic (exact) mass is 332 g/mol. The predicted molar refractivity (Wildman–Crippen MR) is 80.6 cm³/mol. The van der Waals surface area contributed by atoms with Crippen LogP contribution in [0.1, 0.15) is 49.0 Å². The standard InChI is InChI=1S/C12H20N4O3S2/c1-12(2,3)10-9(20-15-14-10)11(17)16-6-4-5-8(7-16)21(13,18)19/h8H,4-7H2,1-3H3,(H2,13,18,19). The number of carbonyl (C=O) groups excluding carboxylic acids is 1. The Morgan fingerprint density at radius 2 is 2.10 bits per heavy atom. The van der Waals surface area contributed by atoms with Gasteiger partial charge in [-0.1, -0.05) is 25.3 Å². The Morgan fingerprint density at radius 1 is 1.43 bits per heavy atom. The largest absolute Gasteiger partial charge is 0.336 e. The summed E-state index contributed by atoms with van der Waals surface area (Å²) in [5.74, 6) is -0.205. The Balaban J connectivity index is 2.23. The van der Waals surface area contributed by atoms with Crippen molar-refractivity contribution in [1.82, 2.24) is 14.5 Å². The fraction of sp³-hybridized carbons (Fsp3) is 0.750. The Morgan fingerprint density at radius 3 is 2.67 bits per heavy atom. The van der Waals surface area contributed by atoms with E-state index >= 15 is 0 Å². The van der Waals surface area contributed by atoms with E-state index in [-0.39, 0.29) is 17.9 Å². The molecule has 9 heteroatoms. The average molecular weight is 332 g/mol. The van der Waals surface area contributed by atoms with Crippen LogP contribution in [0.2, 0.25) is 0 Å². The van der Waals surface area contributed by atoms with Gasteiger partial charge in [0.15, 0.2) is 0 Å². The highest BCUT2D eigenvalue weighted by Crippen LogP contribution is 2.28. The molecule has 0 aliphatic carbocycles. The first-order valence-electron chi connectivity index (χ1n) is 6.74. The Labute approximate surface area is 128 Å². The molecule has 118 valence electrons.